The first kappa shape index (κ1) is 19.8. The zero-order chi connectivity index (χ0) is 21.3. The van der Waals surface area contributed by atoms with Gasteiger partial charge in [0, 0.05) is 30.0 Å². The maximum Gasteiger partial charge on any atom is 0.336 e. The van der Waals surface area contributed by atoms with Crippen molar-refractivity contribution in [3.05, 3.63) is 76.2 Å². The number of carbonyl (C=O) groups is 1. The molecule has 0 amide bonds. The van der Waals surface area contributed by atoms with E-state index in [0.717, 1.165) is 16.5 Å². The molecule has 0 aliphatic carbocycles. The topological polar surface area (TPSA) is 75.0 Å². The Balaban J connectivity index is 1.53. The Morgan fingerprint density at radius 2 is 2.00 bits per heavy atom. The minimum atomic E-state index is -0.741. The highest BCUT2D eigenvalue weighted by atomic mass is 16.6. The van der Waals surface area contributed by atoms with Crippen LogP contribution in [0, 0.1) is 0 Å². The first-order valence-corrected chi connectivity index (χ1v) is 9.62. The van der Waals surface area contributed by atoms with E-state index in [2.05, 4.69) is 0 Å². The normalized spacial score (nSPS) is 17.4. The Labute approximate surface area is 173 Å². The third-order valence-electron chi connectivity index (χ3n) is 5.12. The second-order valence-corrected chi connectivity index (χ2v) is 7.70. The van der Waals surface area contributed by atoms with E-state index in [1.807, 2.05) is 44.2 Å². The van der Waals surface area contributed by atoms with Gasteiger partial charge in [0.05, 0.1) is 7.11 Å². The molecule has 6 nitrogen and oxygen atoms in total. The van der Waals surface area contributed by atoms with Gasteiger partial charge in [-0.3, -0.25) is 0 Å². The van der Waals surface area contributed by atoms with Crippen LogP contribution in [-0.2, 0) is 16.0 Å². The van der Waals surface area contributed by atoms with E-state index in [-0.39, 0.29) is 0 Å². The number of hydrogen-bond acceptors (Lipinski definition) is 6. The molecule has 1 aliphatic heterocycles. The molecule has 0 spiro atoms. The van der Waals surface area contributed by atoms with Crippen molar-refractivity contribution in [2.75, 3.05) is 7.11 Å². The molecular formula is C24H22O6. The monoisotopic (exact) mass is 406 g/mol. The maximum atomic E-state index is 12.4. The summed E-state index contributed by atoms with van der Waals surface area (Å²) >= 11 is 0. The fourth-order valence-electron chi connectivity index (χ4n) is 3.47. The zero-order valence-electron chi connectivity index (χ0n) is 17.0. The Bertz CT molecular complexity index is 1190. The van der Waals surface area contributed by atoms with Gasteiger partial charge in [-0.05, 0) is 55.3 Å². The molecule has 1 atom stereocenters. The molecule has 0 radical (unpaired) electrons. The zero-order valence-corrected chi connectivity index (χ0v) is 17.0. The number of carbonyl (C=O) groups excluding carboxylic acids is 1. The maximum absolute atomic E-state index is 12.4. The Morgan fingerprint density at radius 3 is 2.80 bits per heavy atom. The van der Waals surface area contributed by atoms with Crippen LogP contribution in [0.3, 0.4) is 0 Å². The average molecular weight is 406 g/mol. The van der Waals surface area contributed by atoms with E-state index < -0.39 is 23.3 Å². The quantitative estimate of drug-likeness (QED) is 0.368. The van der Waals surface area contributed by atoms with Crippen LogP contribution in [-0.4, -0.2) is 24.8 Å². The lowest BCUT2D eigenvalue weighted by Crippen LogP contribution is -2.48. The van der Waals surface area contributed by atoms with E-state index in [4.69, 9.17) is 18.6 Å². The summed E-state index contributed by atoms with van der Waals surface area (Å²) in [6.07, 6.45) is 3.11. The van der Waals surface area contributed by atoms with E-state index in [1.165, 1.54) is 12.1 Å². The largest absolute Gasteiger partial charge is 0.497 e. The predicted octanol–water partition coefficient (Wildman–Crippen LogP) is 4.14. The van der Waals surface area contributed by atoms with Crippen molar-refractivity contribution in [1.29, 1.82) is 0 Å². The van der Waals surface area contributed by atoms with Crippen molar-refractivity contribution in [1.82, 2.24) is 0 Å². The highest BCUT2D eigenvalue weighted by Crippen LogP contribution is 2.37. The summed E-state index contributed by atoms with van der Waals surface area (Å²) < 4.78 is 22.2. The third kappa shape index (κ3) is 4.08. The molecule has 1 aromatic heterocycles. The molecule has 154 valence electrons. The molecule has 0 fully saturated rings. The van der Waals surface area contributed by atoms with E-state index in [9.17, 15) is 9.59 Å². The van der Waals surface area contributed by atoms with Crippen molar-refractivity contribution in [3.63, 3.8) is 0 Å². The van der Waals surface area contributed by atoms with Crippen LogP contribution in [0.1, 0.15) is 25.0 Å². The molecular weight excluding hydrogens is 384 g/mol. The van der Waals surface area contributed by atoms with Crippen LogP contribution in [0.4, 0.5) is 0 Å². The van der Waals surface area contributed by atoms with Crippen LogP contribution in [0.25, 0.3) is 17.0 Å². The number of ether oxygens (including phenoxy) is 3. The lowest BCUT2D eigenvalue weighted by Gasteiger charge is -2.39. The number of hydrogen-bond donors (Lipinski definition) is 0. The lowest BCUT2D eigenvalue weighted by atomic mass is 9.90. The summed E-state index contributed by atoms with van der Waals surface area (Å²) in [7, 11) is 1.59. The first-order valence-electron chi connectivity index (χ1n) is 9.62. The molecule has 1 aliphatic rings. The summed E-state index contributed by atoms with van der Waals surface area (Å²) in [6, 6.07) is 14.1. The van der Waals surface area contributed by atoms with Gasteiger partial charge in [0.2, 0.25) is 0 Å². The van der Waals surface area contributed by atoms with Crippen LogP contribution < -0.4 is 15.1 Å². The smallest absolute Gasteiger partial charge is 0.336 e. The standard InChI is InChI=1S/C24H22O6/c1-24(2)21(29-23(26)9-7-15-5-4-6-18(11-15)27-3)13-17-12-16-8-10-22(25)28-19(16)14-20(17)30-24/h4-12,14,21H,13H2,1-3H3/b9-7+. The van der Waals surface area contributed by atoms with Crippen LogP contribution in [0.5, 0.6) is 11.5 Å². The van der Waals surface area contributed by atoms with Crippen LogP contribution in [0.15, 0.2) is 63.8 Å². The van der Waals surface area contributed by atoms with E-state index >= 15 is 0 Å². The SMILES string of the molecule is COc1cccc(/C=C/C(=O)OC2Cc3cc4ccc(=O)oc4cc3OC2(C)C)c1. The molecule has 0 saturated carbocycles. The minimum absolute atomic E-state index is 0.410. The van der Waals surface area contributed by atoms with Crippen LogP contribution >= 0.6 is 0 Å². The van der Waals surface area contributed by atoms with Gasteiger partial charge < -0.3 is 18.6 Å². The van der Waals surface area contributed by atoms with Crippen molar-refractivity contribution < 1.29 is 23.4 Å². The summed E-state index contributed by atoms with van der Waals surface area (Å²) in [6.45, 7) is 3.73. The summed E-state index contributed by atoms with van der Waals surface area (Å²) in [5.41, 5.74) is 1.05. The van der Waals surface area contributed by atoms with Gasteiger partial charge in [-0.2, -0.15) is 0 Å². The van der Waals surface area contributed by atoms with Crippen LogP contribution in [0.2, 0.25) is 0 Å². The van der Waals surface area contributed by atoms with Gasteiger partial charge >= 0.3 is 11.6 Å². The molecule has 4 rings (SSSR count). The number of methoxy groups -OCH3 is 1. The van der Waals surface area contributed by atoms with E-state index in [1.54, 1.807) is 25.3 Å². The van der Waals surface area contributed by atoms with Gasteiger partial charge in [0.15, 0.2) is 0 Å². The van der Waals surface area contributed by atoms with Gasteiger partial charge in [-0.1, -0.05) is 12.1 Å². The van der Waals surface area contributed by atoms with Gasteiger partial charge in [0.1, 0.15) is 28.8 Å². The summed E-state index contributed by atoms with van der Waals surface area (Å²) in [5, 5.41) is 0.791. The Hall–Kier alpha value is -3.54. The second kappa shape index (κ2) is 7.71. The van der Waals surface area contributed by atoms with Crippen molar-refractivity contribution in [3.8, 4) is 11.5 Å². The highest BCUT2D eigenvalue weighted by molar-refractivity contribution is 5.87. The number of fused-ring (bicyclic) bond motifs is 2. The summed E-state index contributed by atoms with van der Waals surface area (Å²) in [5.74, 6) is 0.891. The lowest BCUT2D eigenvalue weighted by molar-refractivity contribution is -0.155. The van der Waals surface area contributed by atoms with Gasteiger partial charge in [-0.15, -0.1) is 0 Å². The number of benzene rings is 2. The highest BCUT2D eigenvalue weighted by Gasteiger charge is 2.39. The van der Waals surface area contributed by atoms with Gasteiger partial charge in [-0.25, -0.2) is 9.59 Å². The number of esters is 1. The van der Waals surface area contributed by atoms with Crippen molar-refractivity contribution in [2.24, 2.45) is 0 Å². The predicted molar refractivity (Wildman–Crippen MR) is 113 cm³/mol. The van der Waals surface area contributed by atoms with Crippen molar-refractivity contribution in [2.45, 2.75) is 32.0 Å². The first-order chi connectivity index (χ1) is 14.3. The molecule has 0 N–H and O–H groups in total. The molecule has 1 unspecified atom stereocenters. The average Bonchev–Trinajstić information content (AvgIpc) is 2.71. The molecule has 3 aromatic rings. The number of rotatable bonds is 4. The Morgan fingerprint density at radius 1 is 1.17 bits per heavy atom. The fourth-order valence-corrected chi connectivity index (χ4v) is 3.47. The second-order valence-electron chi connectivity index (χ2n) is 7.70. The third-order valence-corrected chi connectivity index (χ3v) is 5.12. The molecule has 0 bridgehead atoms. The minimum Gasteiger partial charge on any atom is -0.497 e. The molecule has 6 heteroatoms. The molecule has 30 heavy (non-hydrogen) atoms. The Kier molecular flexibility index (Phi) is 5.08. The van der Waals surface area contributed by atoms with Gasteiger partial charge in [0.25, 0.3) is 0 Å². The van der Waals surface area contributed by atoms with E-state index in [0.29, 0.717) is 23.5 Å². The molecule has 0 saturated heterocycles. The summed E-state index contributed by atoms with van der Waals surface area (Å²) in [4.78, 5) is 23.9. The fraction of sp³-hybridized carbons (Fsp3) is 0.250. The molecule has 2 heterocycles. The molecule has 2 aromatic carbocycles. The van der Waals surface area contributed by atoms with Crippen molar-refractivity contribution >= 4 is 23.0 Å².